The molecule has 0 aromatic heterocycles. The number of alkyl carbamates (subject to hydrolysis) is 1. The Morgan fingerprint density at radius 3 is 2.15 bits per heavy atom. The molecule has 216 valence electrons. The highest BCUT2D eigenvalue weighted by Gasteiger charge is 2.27. The summed E-state index contributed by atoms with van der Waals surface area (Å²) in [6.07, 6.45) is -0.493. The molecule has 1 aromatic carbocycles. The predicted octanol–water partition coefficient (Wildman–Crippen LogP) is 2.62. The van der Waals surface area contributed by atoms with Gasteiger partial charge < -0.3 is 25.4 Å². The second-order valence-electron chi connectivity index (χ2n) is 10.2. The van der Waals surface area contributed by atoms with E-state index in [0.29, 0.717) is 12.0 Å². The first-order valence-corrected chi connectivity index (χ1v) is 13.6. The van der Waals surface area contributed by atoms with Crippen molar-refractivity contribution in [2.45, 2.75) is 72.1 Å². The van der Waals surface area contributed by atoms with Crippen LogP contribution in [-0.4, -0.2) is 71.4 Å². The monoisotopic (exact) mass is 565 g/mol. The standard InChI is InChI=1S/C27H39N3O8S/c1-17(2)14-20(30-26(36)38-27(4,5)6)25(35)29-18(3)24(34)28-15-23(33)39-13-12-22(32)37-16-21(31)19-10-8-7-9-11-19/h7-11,17-18,20H,12-16H2,1-6H3,(H,28,34)(H,29,35)(H,30,36)/t18-,20-/m0/s1. The van der Waals surface area contributed by atoms with Gasteiger partial charge in [-0.15, -0.1) is 0 Å². The van der Waals surface area contributed by atoms with Crippen molar-refractivity contribution in [2.75, 3.05) is 18.9 Å². The Labute approximate surface area is 233 Å². The minimum atomic E-state index is -0.970. The first kappa shape index (κ1) is 33.6. The zero-order chi connectivity index (χ0) is 29.6. The van der Waals surface area contributed by atoms with E-state index >= 15 is 0 Å². The molecule has 1 rings (SSSR count). The Hall–Kier alpha value is -3.41. The molecule has 39 heavy (non-hydrogen) atoms. The van der Waals surface area contributed by atoms with Crippen molar-refractivity contribution in [3.05, 3.63) is 35.9 Å². The Balaban J connectivity index is 2.39. The smallest absolute Gasteiger partial charge is 0.408 e. The number of Topliss-reactive ketones (excluding diaryl/α,β-unsaturated/α-hetero) is 1. The van der Waals surface area contributed by atoms with Crippen LogP contribution < -0.4 is 16.0 Å². The van der Waals surface area contributed by atoms with E-state index in [-0.39, 0.29) is 42.1 Å². The van der Waals surface area contributed by atoms with E-state index in [1.54, 1.807) is 51.1 Å². The van der Waals surface area contributed by atoms with Gasteiger partial charge in [0, 0.05) is 11.3 Å². The van der Waals surface area contributed by atoms with Crippen molar-refractivity contribution < 1.29 is 38.2 Å². The number of carbonyl (C=O) groups is 6. The number of esters is 1. The van der Waals surface area contributed by atoms with Gasteiger partial charge in [-0.05, 0) is 40.0 Å². The third kappa shape index (κ3) is 14.9. The van der Waals surface area contributed by atoms with Gasteiger partial charge in [-0.1, -0.05) is 55.9 Å². The van der Waals surface area contributed by atoms with Gasteiger partial charge in [-0.3, -0.25) is 24.0 Å². The molecule has 0 saturated heterocycles. The van der Waals surface area contributed by atoms with Crippen molar-refractivity contribution in [3.8, 4) is 0 Å². The maximum atomic E-state index is 12.7. The van der Waals surface area contributed by atoms with E-state index < -0.39 is 41.6 Å². The lowest BCUT2D eigenvalue weighted by Crippen LogP contribution is -2.53. The van der Waals surface area contributed by atoms with Gasteiger partial charge in [-0.25, -0.2) is 4.79 Å². The molecule has 3 amide bonds. The van der Waals surface area contributed by atoms with Crippen LogP contribution in [-0.2, 0) is 28.7 Å². The lowest BCUT2D eigenvalue weighted by Gasteiger charge is -2.25. The number of hydrogen-bond donors (Lipinski definition) is 3. The zero-order valence-corrected chi connectivity index (χ0v) is 24.1. The highest BCUT2D eigenvalue weighted by Crippen LogP contribution is 2.10. The second-order valence-corrected chi connectivity index (χ2v) is 11.3. The van der Waals surface area contributed by atoms with Crippen LogP contribution in [0.1, 0.15) is 64.7 Å². The zero-order valence-electron chi connectivity index (χ0n) is 23.3. The van der Waals surface area contributed by atoms with Crippen molar-refractivity contribution in [3.63, 3.8) is 0 Å². The highest BCUT2D eigenvalue weighted by molar-refractivity contribution is 8.13. The molecule has 11 nitrogen and oxygen atoms in total. The molecule has 2 atom stereocenters. The molecule has 0 aliphatic heterocycles. The number of thioether (sulfide) groups is 1. The predicted molar refractivity (Wildman–Crippen MR) is 147 cm³/mol. The molecule has 3 N–H and O–H groups in total. The molecule has 0 aliphatic rings. The summed E-state index contributed by atoms with van der Waals surface area (Å²) in [5.74, 6) is -1.88. The van der Waals surface area contributed by atoms with Crippen LogP contribution in [0.2, 0.25) is 0 Å². The number of ketones is 1. The SMILES string of the molecule is CC(C)C[C@H](NC(=O)OC(C)(C)C)C(=O)N[C@@H](C)C(=O)NCC(=O)SCCC(=O)OCC(=O)c1ccccc1. The fraction of sp³-hybridized carbons (Fsp3) is 0.556. The van der Waals surface area contributed by atoms with Crippen molar-refractivity contribution in [1.82, 2.24) is 16.0 Å². The minimum Gasteiger partial charge on any atom is -0.457 e. The fourth-order valence-electron chi connectivity index (χ4n) is 3.07. The van der Waals surface area contributed by atoms with Crippen LogP contribution in [0.3, 0.4) is 0 Å². The van der Waals surface area contributed by atoms with Crippen LogP contribution in [0.4, 0.5) is 4.79 Å². The average molecular weight is 566 g/mol. The molecular weight excluding hydrogens is 526 g/mol. The molecule has 0 aliphatic carbocycles. The molecular formula is C27H39N3O8S. The molecule has 1 aromatic rings. The van der Waals surface area contributed by atoms with E-state index in [0.717, 1.165) is 11.8 Å². The molecule has 0 heterocycles. The number of nitrogens with one attached hydrogen (secondary N) is 3. The topological polar surface area (TPSA) is 157 Å². The van der Waals surface area contributed by atoms with E-state index in [9.17, 15) is 28.8 Å². The largest absolute Gasteiger partial charge is 0.457 e. The Morgan fingerprint density at radius 1 is 0.923 bits per heavy atom. The summed E-state index contributed by atoms with van der Waals surface area (Å²) in [7, 11) is 0. The summed E-state index contributed by atoms with van der Waals surface area (Å²) in [6.45, 7) is 9.66. The lowest BCUT2D eigenvalue weighted by atomic mass is 10.0. The summed E-state index contributed by atoms with van der Waals surface area (Å²) < 4.78 is 10.2. The third-order valence-electron chi connectivity index (χ3n) is 4.90. The van der Waals surface area contributed by atoms with Crippen LogP contribution in [0.5, 0.6) is 0 Å². The quantitative estimate of drug-likeness (QED) is 0.228. The normalized spacial score (nSPS) is 12.6. The van der Waals surface area contributed by atoms with Crippen LogP contribution in [0.25, 0.3) is 0 Å². The van der Waals surface area contributed by atoms with E-state index in [4.69, 9.17) is 9.47 Å². The molecule has 0 fully saturated rings. The molecule has 0 spiro atoms. The number of carbonyl (C=O) groups excluding carboxylic acids is 6. The first-order valence-electron chi connectivity index (χ1n) is 12.6. The molecule has 0 radical (unpaired) electrons. The van der Waals surface area contributed by atoms with Crippen LogP contribution >= 0.6 is 11.8 Å². The third-order valence-corrected chi connectivity index (χ3v) is 5.78. The fourth-order valence-corrected chi connectivity index (χ4v) is 3.74. The summed E-state index contributed by atoms with van der Waals surface area (Å²) in [5.41, 5.74) is -0.298. The number of rotatable bonds is 14. The van der Waals surface area contributed by atoms with Gasteiger partial charge in [0.25, 0.3) is 0 Å². The second kappa shape index (κ2) is 16.5. The Kier molecular flexibility index (Phi) is 14.2. The van der Waals surface area contributed by atoms with Crippen LogP contribution in [0.15, 0.2) is 30.3 Å². The van der Waals surface area contributed by atoms with E-state index in [2.05, 4.69) is 16.0 Å². The number of hydrogen-bond acceptors (Lipinski definition) is 9. The highest BCUT2D eigenvalue weighted by atomic mass is 32.2. The van der Waals surface area contributed by atoms with E-state index in [1.807, 2.05) is 13.8 Å². The van der Waals surface area contributed by atoms with Crippen molar-refractivity contribution >= 4 is 46.5 Å². The lowest BCUT2D eigenvalue weighted by molar-refractivity contribution is -0.142. The molecule has 0 unspecified atom stereocenters. The molecule has 0 saturated carbocycles. The van der Waals surface area contributed by atoms with Gasteiger partial charge in [0.05, 0.1) is 13.0 Å². The van der Waals surface area contributed by atoms with Crippen molar-refractivity contribution in [2.24, 2.45) is 5.92 Å². The minimum absolute atomic E-state index is 0.0797. The summed E-state index contributed by atoms with van der Waals surface area (Å²) in [4.78, 5) is 73.1. The van der Waals surface area contributed by atoms with Crippen molar-refractivity contribution in [1.29, 1.82) is 0 Å². The molecule has 12 heteroatoms. The first-order chi connectivity index (χ1) is 18.2. The van der Waals surface area contributed by atoms with Gasteiger partial charge >= 0.3 is 12.1 Å². The Bertz CT molecular complexity index is 1010. The van der Waals surface area contributed by atoms with Gasteiger partial charge in [0.1, 0.15) is 17.7 Å². The average Bonchev–Trinajstić information content (AvgIpc) is 2.84. The van der Waals surface area contributed by atoms with Gasteiger partial charge in [-0.2, -0.15) is 0 Å². The maximum absolute atomic E-state index is 12.7. The number of ether oxygens (including phenoxy) is 2. The number of benzene rings is 1. The van der Waals surface area contributed by atoms with Gasteiger partial charge in [0.15, 0.2) is 12.4 Å². The summed E-state index contributed by atoms with van der Waals surface area (Å²) in [6, 6.07) is 6.55. The van der Waals surface area contributed by atoms with Crippen LogP contribution in [0, 0.1) is 5.92 Å². The number of amides is 3. The molecule has 0 bridgehead atoms. The van der Waals surface area contributed by atoms with E-state index in [1.165, 1.54) is 6.92 Å². The summed E-state index contributed by atoms with van der Waals surface area (Å²) >= 11 is 0.838. The summed E-state index contributed by atoms with van der Waals surface area (Å²) in [5, 5.41) is 7.13. The maximum Gasteiger partial charge on any atom is 0.408 e. The Morgan fingerprint density at radius 2 is 1.56 bits per heavy atom. The van der Waals surface area contributed by atoms with Gasteiger partial charge in [0.2, 0.25) is 16.9 Å².